The third-order valence-electron chi connectivity index (χ3n) is 5.49. The van der Waals surface area contributed by atoms with Gasteiger partial charge in [0.15, 0.2) is 0 Å². The number of hydrogen-bond donors (Lipinski definition) is 0. The highest BCUT2D eigenvalue weighted by molar-refractivity contribution is 5.81. The lowest BCUT2D eigenvalue weighted by Crippen LogP contribution is -2.50. The molecule has 126 valence electrons. The molecule has 1 saturated heterocycles. The number of rotatable bonds is 2. The smallest absolute Gasteiger partial charge is 0.254 e. The first kappa shape index (κ1) is 14.2. The zero-order valence-electron chi connectivity index (χ0n) is 13.8. The van der Waals surface area contributed by atoms with Crippen molar-refractivity contribution in [3.05, 3.63) is 17.6 Å². The predicted molar refractivity (Wildman–Crippen MR) is 88.9 cm³/mol. The van der Waals surface area contributed by atoms with E-state index in [0.717, 1.165) is 57.7 Å². The van der Waals surface area contributed by atoms with E-state index in [2.05, 4.69) is 15.0 Å². The molecule has 3 aliphatic rings. The molecule has 0 N–H and O–H groups in total. The third kappa shape index (κ3) is 2.25. The van der Waals surface area contributed by atoms with Crippen molar-refractivity contribution in [2.45, 2.75) is 38.5 Å². The minimum Gasteiger partial charge on any atom is -0.353 e. The van der Waals surface area contributed by atoms with Gasteiger partial charge in [-0.1, -0.05) is 0 Å². The summed E-state index contributed by atoms with van der Waals surface area (Å²) in [5, 5.41) is 4.42. The Morgan fingerprint density at radius 3 is 2.67 bits per heavy atom. The molecule has 7 heteroatoms. The summed E-state index contributed by atoms with van der Waals surface area (Å²) in [5.41, 5.74) is 2.52. The number of aromatic nitrogens is 4. The summed E-state index contributed by atoms with van der Waals surface area (Å²) in [7, 11) is 0. The first-order valence-electron chi connectivity index (χ1n) is 9.06. The second-order valence-electron chi connectivity index (χ2n) is 7.13. The number of anilines is 1. The van der Waals surface area contributed by atoms with Gasteiger partial charge in [-0.3, -0.25) is 4.79 Å². The number of piperazine rings is 1. The van der Waals surface area contributed by atoms with E-state index in [1.807, 2.05) is 9.42 Å². The molecule has 0 radical (unpaired) electrons. The van der Waals surface area contributed by atoms with Crippen molar-refractivity contribution in [2.24, 2.45) is 5.92 Å². The Kier molecular flexibility index (Phi) is 3.21. The molecule has 2 fully saturated rings. The molecule has 0 aromatic carbocycles. The van der Waals surface area contributed by atoms with E-state index in [1.54, 1.807) is 6.33 Å². The van der Waals surface area contributed by atoms with Crippen LogP contribution in [0.2, 0.25) is 0 Å². The molecule has 2 aromatic heterocycles. The highest BCUT2D eigenvalue weighted by atomic mass is 16.2. The molecular weight excluding hydrogens is 304 g/mol. The molecule has 0 spiro atoms. The van der Waals surface area contributed by atoms with Gasteiger partial charge in [0.05, 0.1) is 5.69 Å². The summed E-state index contributed by atoms with van der Waals surface area (Å²) in [6.45, 7) is 3.35. The van der Waals surface area contributed by atoms with Crippen molar-refractivity contribution in [1.82, 2.24) is 24.5 Å². The van der Waals surface area contributed by atoms with Crippen LogP contribution < -0.4 is 4.90 Å². The van der Waals surface area contributed by atoms with E-state index < -0.39 is 0 Å². The van der Waals surface area contributed by atoms with Crippen LogP contribution in [0.1, 0.15) is 36.9 Å². The van der Waals surface area contributed by atoms with Crippen molar-refractivity contribution >= 4 is 17.5 Å². The monoisotopic (exact) mass is 326 g/mol. The maximum Gasteiger partial charge on any atom is 0.254 e. The van der Waals surface area contributed by atoms with Crippen molar-refractivity contribution in [3.63, 3.8) is 0 Å². The number of amides is 1. The molecule has 2 aromatic rings. The average Bonchev–Trinajstić information content (AvgIpc) is 3.38. The molecule has 1 amide bonds. The molecule has 0 bridgehead atoms. The molecule has 2 aliphatic carbocycles. The van der Waals surface area contributed by atoms with Gasteiger partial charge < -0.3 is 9.80 Å². The number of aryl methyl sites for hydroxylation is 1. The number of nitrogens with zero attached hydrogens (tertiary/aromatic N) is 6. The van der Waals surface area contributed by atoms with Crippen molar-refractivity contribution in [3.8, 4) is 0 Å². The number of carbonyl (C=O) groups is 1. The van der Waals surface area contributed by atoms with Gasteiger partial charge in [0.2, 0.25) is 5.91 Å². The van der Waals surface area contributed by atoms with Gasteiger partial charge in [0.1, 0.15) is 12.1 Å². The van der Waals surface area contributed by atoms with Crippen molar-refractivity contribution in [2.75, 3.05) is 31.1 Å². The molecule has 1 aliphatic heterocycles. The van der Waals surface area contributed by atoms with E-state index >= 15 is 0 Å². The Balaban J connectivity index is 1.46. The SMILES string of the molecule is O=C(C1CC1)N1CCN(c2c3c(nc4ncnn24)CCCC3)CC1. The maximum atomic E-state index is 12.3. The number of carbonyl (C=O) groups excluding carboxylic acids is 1. The lowest BCUT2D eigenvalue weighted by atomic mass is 9.96. The van der Waals surface area contributed by atoms with Crippen molar-refractivity contribution < 1.29 is 4.79 Å². The van der Waals surface area contributed by atoms with E-state index in [1.165, 1.54) is 24.1 Å². The summed E-state index contributed by atoms with van der Waals surface area (Å²) in [6, 6.07) is 0. The highest BCUT2D eigenvalue weighted by Crippen LogP contribution is 2.33. The van der Waals surface area contributed by atoms with E-state index in [0.29, 0.717) is 17.6 Å². The normalized spacial score (nSPS) is 21.2. The van der Waals surface area contributed by atoms with Crippen LogP contribution in [0.25, 0.3) is 5.78 Å². The highest BCUT2D eigenvalue weighted by Gasteiger charge is 2.35. The number of fused-ring (bicyclic) bond motifs is 2. The van der Waals surface area contributed by atoms with Crippen LogP contribution >= 0.6 is 0 Å². The molecule has 0 atom stereocenters. The Hall–Kier alpha value is -2.18. The fraction of sp³-hybridized carbons (Fsp3) is 0.647. The summed E-state index contributed by atoms with van der Waals surface area (Å²) in [5.74, 6) is 2.53. The van der Waals surface area contributed by atoms with Gasteiger partial charge in [0.25, 0.3) is 5.78 Å². The molecule has 7 nitrogen and oxygen atoms in total. The Morgan fingerprint density at radius 1 is 1.08 bits per heavy atom. The van der Waals surface area contributed by atoms with Crippen LogP contribution in [-0.2, 0) is 17.6 Å². The largest absolute Gasteiger partial charge is 0.353 e. The van der Waals surface area contributed by atoms with E-state index in [-0.39, 0.29) is 0 Å². The van der Waals surface area contributed by atoms with Crippen LogP contribution in [0.4, 0.5) is 5.82 Å². The van der Waals surface area contributed by atoms with Gasteiger partial charge in [-0.05, 0) is 38.5 Å². The Bertz CT molecular complexity index is 788. The second kappa shape index (κ2) is 5.43. The standard InChI is InChI=1S/C17H22N6O/c24-16(12-5-6-12)22-9-7-21(8-10-22)15-13-3-1-2-4-14(13)20-17-18-11-19-23(15)17/h11-12H,1-10H2. The minimum absolute atomic E-state index is 0.312. The Labute approximate surface area is 140 Å². The van der Waals surface area contributed by atoms with Gasteiger partial charge in [-0.2, -0.15) is 14.6 Å². The third-order valence-corrected chi connectivity index (χ3v) is 5.49. The quantitative estimate of drug-likeness (QED) is 0.826. The van der Waals surface area contributed by atoms with Crippen LogP contribution in [0.3, 0.4) is 0 Å². The summed E-state index contributed by atoms with van der Waals surface area (Å²) in [4.78, 5) is 25.7. The predicted octanol–water partition coefficient (Wildman–Crippen LogP) is 1.06. The van der Waals surface area contributed by atoms with Crippen molar-refractivity contribution in [1.29, 1.82) is 0 Å². The summed E-state index contributed by atoms with van der Waals surface area (Å²) < 4.78 is 1.89. The molecular formula is C17H22N6O. The van der Waals surface area contributed by atoms with E-state index in [4.69, 9.17) is 4.98 Å². The molecule has 0 unspecified atom stereocenters. The summed E-state index contributed by atoms with van der Waals surface area (Å²) >= 11 is 0. The lowest BCUT2D eigenvalue weighted by Gasteiger charge is -2.37. The fourth-order valence-electron chi connectivity index (χ4n) is 4.02. The summed E-state index contributed by atoms with van der Waals surface area (Å²) in [6.07, 6.45) is 8.26. The molecule has 3 heterocycles. The van der Waals surface area contributed by atoms with Crippen LogP contribution in [0, 0.1) is 5.92 Å². The minimum atomic E-state index is 0.312. The van der Waals surface area contributed by atoms with Crippen LogP contribution in [0.15, 0.2) is 6.33 Å². The van der Waals surface area contributed by atoms with Gasteiger partial charge in [0, 0.05) is 37.7 Å². The number of hydrogen-bond acceptors (Lipinski definition) is 5. The lowest BCUT2D eigenvalue weighted by molar-refractivity contribution is -0.132. The molecule has 1 saturated carbocycles. The first-order chi connectivity index (χ1) is 11.8. The zero-order chi connectivity index (χ0) is 16.1. The van der Waals surface area contributed by atoms with Gasteiger partial charge in [-0.15, -0.1) is 0 Å². The van der Waals surface area contributed by atoms with Gasteiger partial charge >= 0.3 is 0 Å². The van der Waals surface area contributed by atoms with E-state index in [9.17, 15) is 4.79 Å². The Morgan fingerprint density at radius 2 is 1.88 bits per heavy atom. The fourth-order valence-corrected chi connectivity index (χ4v) is 4.02. The maximum absolute atomic E-state index is 12.3. The average molecular weight is 326 g/mol. The second-order valence-corrected chi connectivity index (χ2v) is 7.13. The zero-order valence-corrected chi connectivity index (χ0v) is 13.8. The topological polar surface area (TPSA) is 66.6 Å². The first-order valence-corrected chi connectivity index (χ1v) is 9.06. The van der Waals surface area contributed by atoms with Gasteiger partial charge in [-0.25, -0.2) is 4.98 Å². The molecule has 5 rings (SSSR count). The van der Waals surface area contributed by atoms with Crippen LogP contribution in [-0.4, -0.2) is 56.6 Å². The molecule has 24 heavy (non-hydrogen) atoms. The van der Waals surface area contributed by atoms with Crippen LogP contribution in [0.5, 0.6) is 0 Å².